The van der Waals surface area contributed by atoms with E-state index in [9.17, 15) is 4.79 Å². The Balaban J connectivity index is 2.15. The second kappa shape index (κ2) is 7.87. The van der Waals surface area contributed by atoms with Gasteiger partial charge in [-0.05, 0) is 52.5 Å². The van der Waals surface area contributed by atoms with Crippen molar-refractivity contribution >= 4 is 6.09 Å². The minimum Gasteiger partial charge on any atom is -0.444 e. The van der Waals surface area contributed by atoms with Gasteiger partial charge >= 0.3 is 6.09 Å². The predicted octanol–water partition coefficient (Wildman–Crippen LogP) is 3.41. The molecule has 1 fully saturated rings. The second-order valence-corrected chi connectivity index (χ2v) is 7.08. The van der Waals surface area contributed by atoms with E-state index in [1.165, 1.54) is 25.7 Å². The van der Waals surface area contributed by atoms with Gasteiger partial charge in [0.05, 0.1) is 0 Å². The molecule has 1 N–H and O–H groups in total. The summed E-state index contributed by atoms with van der Waals surface area (Å²) in [6.45, 7) is 9.73. The van der Waals surface area contributed by atoms with E-state index in [1.54, 1.807) is 11.9 Å². The minimum absolute atomic E-state index is 0.233. The van der Waals surface area contributed by atoms with Crippen LogP contribution in [0, 0.1) is 5.92 Å². The fourth-order valence-electron chi connectivity index (χ4n) is 2.65. The van der Waals surface area contributed by atoms with E-state index in [0.717, 1.165) is 25.4 Å². The molecule has 0 bridgehead atoms. The number of ether oxygens (including phenoxy) is 1. The van der Waals surface area contributed by atoms with Crippen molar-refractivity contribution in [2.45, 2.75) is 71.4 Å². The molecular weight excluding hydrogens is 252 g/mol. The van der Waals surface area contributed by atoms with E-state index in [1.807, 2.05) is 20.8 Å². The number of nitrogens with zero attached hydrogens (tertiary/aromatic N) is 1. The van der Waals surface area contributed by atoms with Crippen molar-refractivity contribution in [3.63, 3.8) is 0 Å². The maximum atomic E-state index is 11.8. The Hall–Kier alpha value is -0.770. The molecule has 118 valence electrons. The molecule has 1 amide bonds. The standard InChI is InChI=1S/C16H32N2O2/c1-13-9-6-7-10-14(13)17-11-8-12-18(5)15(19)20-16(2,3)4/h13-14,17H,6-12H2,1-5H3. The summed E-state index contributed by atoms with van der Waals surface area (Å²) in [4.78, 5) is 13.5. The van der Waals surface area contributed by atoms with E-state index >= 15 is 0 Å². The molecule has 0 radical (unpaired) electrons. The zero-order valence-corrected chi connectivity index (χ0v) is 13.9. The maximum absolute atomic E-state index is 11.8. The summed E-state index contributed by atoms with van der Waals surface area (Å²) in [5, 5.41) is 3.64. The molecule has 4 nitrogen and oxygen atoms in total. The average Bonchev–Trinajstić information content (AvgIpc) is 2.34. The summed E-state index contributed by atoms with van der Waals surface area (Å²) in [5.74, 6) is 0.785. The van der Waals surface area contributed by atoms with Gasteiger partial charge in [-0.25, -0.2) is 4.79 Å². The molecule has 0 aromatic rings. The first kappa shape index (κ1) is 17.3. The molecule has 2 unspecified atom stereocenters. The molecule has 0 saturated heterocycles. The van der Waals surface area contributed by atoms with E-state index < -0.39 is 5.60 Å². The molecule has 4 heteroatoms. The zero-order valence-electron chi connectivity index (χ0n) is 13.9. The van der Waals surface area contributed by atoms with Crippen molar-refractivity contribution in [3.05, 3.63) is 0 Å². The first-order valence-electron chi connectivity index (χ1n) is 7.97. The molecule has 0 spiro atoms. The van der Waals surface area contributed by atoms with Crippen LogP contribution >= 0.6 is 0 Å². The molecule has 1 saturated carbocycles. The Kier molecular flexibility index (Phi) is 6.80. The van der Waals surface area contributed by atoms with E-state index in [2.05, 4.69) is 12.2 Å². The normalized spacial score (nSPS) is 23.4. The number of amides is 1. The fourth-order valence-corrected chi connectivity index (χ4v) is 2.65. The lowest BCUT2D eigenvalue weighted by molar-refractivity contribution is 0.0296. The summed E-state index contributed by atoms with van der Waals surface area (Å²) in [6, 6.07) is 0.663. The summed E-state index contributed by atoms with van der Waals surface area (Å²) in [6.07, 6.45) is 6.10. The molecule has 2 atom stereocenters. The Morgan fingerprint density at radius 3 is 2.55 bits per heavy atom. The molecule has 1 aliphatic rings. The average molecular weight is 284 g/mol. The largest absolute Gasteiger partial charge is 0.444 e. The smallest absolute Gasteiger partial charge is 0.410 e. The molecule has 0 aromatic carbocycles. The highest BCUT2D eigenvalue weighted by atomic mass is 16.6. The van der Waals surface area contributed by atoms with Crippen LogP contribution in [0.2, 0.25) is 0 Å². The third-order valence-corrected chi connectivity index (χ3v) is 3.89. The first-order valence-corrected chi connectivity index (χ1v) is 7.97. The topological polar surface area (TPSA) is 41.6 Å². The third kappa shape index (κ3) is 6.60. The predicted molar refractivity (Wildman–Crippen MR) is 82.9 cm³/mol. The fraction of sp³-hybridized carbons (Fsp3) is 0.938. The summed E-state index contributed by atoms with van der Waals surface area (Å²) in [5.41, 5.74) is -0.416. The van der Waals surface area contributed by atoms with Gasteiger partial charge in [0.25, 0.3) is 0 Å². The maximum Gasteiger partial charge on any atom is 0.410 e. The highest BCUT2D eigenvalue weighted by molar-refractivity contribution is 5.67. The van der Waals surface area contributed by atoms with Crippen molar-refractivity contribution in [2.24, 2.45) is 5.92 Å². The SMILES string of the molecule is CC1CCCCC1NCCCN(C)C(=O)OC(C)(C)C. The monoisotopic (exact) mass is 284 g/mol. The summed E-state index contributed by atoms with van der Waals surface area (Å²) < 4.78 is 5.33. The van der Waals surface area contributed by atoms with Gasteiger partial charge in [0.1, 0.15) is 5.60 Å². The highest BCUT2D eigenvalue weighted by Gasteiger charge is 2.21. The van der Waals surface area contributed by atoms with Gasteiger partial charge in [0.15, 0.2) is 0 Å². The molecule has 0 heterocycles. The van der Waals surface area contributed by atoms with Gasteiger partial charge in [-0.3, -0.25) is 0 Å². The van der Waals surface area contributed by atoms with Crippen LogP contribution < -0.4 is 5.32 Å². The number of hydrogen-bond acceptors (Lipinski definition) is 3. The molecule has 0 aromatic heterocycles. The van der Waals surface area contributed by atoms with Crippen LogP contribution in [0.1, 0.15) is 59.8 Å². The van der Waals surface area contributed by atoms with Gasteiger partial charge < -0.3 is 15.0 Å². The van der Waals surface area contributed by atoms with Gasteiger partial charge in [-0.15, -0.1) is 0 Å². The van der Waals surface area contributed by atoms with Crippen molar-refractivity contribution in [2.75, 3.05) is 20.1 Å². The molecule has 20 heavy (non-hydrogen) atoms. The molecule has 1 rings (SSSR count). The van der Waals surface area contributed by atoms with Gasteiger partial charge in [0, 0.05) is 19.6 Å². The van der Waals surface area contributed by atoms with Crippen LogP contribution in [0.15, 0.2) is 0 Å². The van der Waals surface area contributed by atoms with Crippen LogP contribution in [0.25, 0.3) is 0 Å². The molecule has 1 aliphatic carbocycles. The summed E-state index contributed by atoms with van der Waals surface area (Å²) in [7, 11) is 1.80. The number of nitrogens with one attached hydrogen (secondary N) is 1. The van der Waals surface area contributed by atoms with Gasteiger partial charge in [-0.2, -0.15) is 0 Å². The van der Waals surface area contributed by atoms with Crippen LogP contribution in [-0.4, -0.2) is 42.8 Å². The highest BCUT2D eigenvalue weighted by Crippen LogP contribution is 2.23. The lowest BCUT2D eigenvalue weighted by Crippen LogP contribution is -2.39. The van der Waals surface area contributed by atoms with Crippen molar-refractivity contribution in [1.29, 1.82) is 0 Å². The van der Waals surface area contributed by atoms with E-state index in [-0.39, 0.29) is 6.09 Å². The third-order valence-electron chi connectivity index (χ3n) is 3.89. The zero-order chi connectivity index (χ0) is 15.2. The van der Waals surface area contributed by atoms with Crippen molar-refractivity contribution in [1.82, 2.24) is 10.2 Å². The first-order chi connectivity index (χ1) is 9.29. The number of hydrogen-bond donors (Lipinski definition) is 1. The quantitative estimate of drug-likeness (QED) is 0.787. The van der Waals surface area contributed by atoms with Crippen LogP contribution in [0.3, 0.4) is 0 Å². The molecule has 0 aliphatic heterocycles. The van der Waals surface area contributed by atoms with E-state index in [0.29, 0.717) is 6.04 Å². The second-order valence-electron chi connectivity index (χ2n) is 7.08. The van der Waals surface area contributed by atoms with Crippen molar-refractivity contribution < 1.29 is 9.53 Å². The Labute approximate surface area is 124 Å². The lowest BCUT2D eigenvalue weighted by atomic mass is 9.86. The van der Waals surface area contributed by atoms with E-state index in [4.69, 9.17) is 4.74 Å². The van der Waals surface area contributed by atoms with Crippen LogP contribution in [-0.2, 0) is 4.74 Å². The number of carbonyl (C=O) groups excluding carboxylic acids is 1. The van der Waals surface area contributed by atoms with Crippen LogP contribution in [0.4, 0.5) is 4.79 Å². The van der Waals surface area contributed by atoms with Crippen molar-refractivity contribution in [3.8, 4) is 0 Å². The van der Waals surface area contributed by atoms with Gasteiger partial charge in [-0.1, -0.05) is 19.8 Å². The number of carbonyl (C=O) groups is 1. The van der Waals surface area contributed by atoms with Crippen LogP contribution in [0.5, 0.6) is 0 Å². The molecular formula is C16H32N2O2. The Morgan fingerprint density at radius 1 is 1.30 bits per heavy atom. The Bertz CT molecular complexity index is 299. The summed E-state index contributed by atoms with van der Waals surface area (Å²) >= 11 is 0. The number of rotatable bonds is 5. The lowest BCUT2D eigenvalue weighted by Gasteiger charge is -2.30. The van der Waals surface area contributed by atoms with Gasteiger partial charge in [0.2, 0.25) is 0 Å². The minimum atomic E-state index is -0.416. The Morgan fingerprint density at radius 2 is 1.95 bits per heavy atom.